The minimum atomic E-state index is -1.31. The van der Waals surface area contributed by atoms with Crippen LogP contribution in [0.3, 0.4) is 0 Å². The molecule has 0 aliphatic heterocycles. The van der Waals surface area contributed by atoms with Crippen LogP contribution >= 0.6 is 0 Å². The van der Waals surface area contributed by atoms with Crippen LogP contribution in [0.2, 0.25) is 0 Å². The van der Waals surface area contributed by atoms with E-state index in [1.165, 1.54) is 36.4 Å². The third-order valence-corrected chi connectivity index (χ3v) is 3.49. The molecule has 0 aliphatic rings. The van der Waals surface area contributed by atoms with Crippen LogP contribution in [-0.4, -0.2) is 38.3 Å². The molecular weight excluding hydrogens is 285 g/mol. The van der Waals surface area contributed by atoms with E-state index in [1.807, 2.05) is 0 Å². The number of carbonyl (C=O) groups excluding carboxylic acids is 1. The maximum atomic E-state index is 13.2. The molecule has 0 saturated heterocycles. The lowest BCUT2D eigenvalue weighted by Crippen LogP contribution is -2.11. The smallest absolute Gasteiger partial charge is 0.338 e. The second kappa shape index (κ2) is 5.91. The Morgan fingerprint density at radius 1 is 1.50 bits per heavy atom. The Morgan fingerprint density at radius 2 is 2.25 bits per heavy atom. The molecule has 8 heteroatoms. The molecule has 0 bridgehead atoms. The van der Waals surface area contributed by atoms with Crippen molar-refractivity contribution in [2.75, 3.05) is 13.4 Å². The van der Waals surface area contributed by atoms with Gasteiger partial charge >= 0.3 is 5.97 Å². The summed E-state index contributed by atoms with van der Waals surface area (Å²) in [4.78, 5) is 11.6. The molecule has 0 saturated carbocycles. The number of hydrogen-bond donors (Lipinski definition) is 0. The van der Waals surface area contributed by atoms with Crippen LogP contribution in [0.4, 0.5) is 4.39 Å². The highest BCUT2D eigenvalue weighted by Crippen LogP contribution is 2.15. The number of ether oxygens (including phenoxy) is 1. The Kier molecular flexibility index (Phi) is 4.23. The monoisotopic (exact) mass is 297 g/mol. The van der Waals surface area contributed by atoms with Crippen LogP contribution in [0.5, 0.6) is 0 Å². The summed E-state index contributed by atoms with van der Waals surface area (Å²) in [6.07, 6.45) is 2.88. The lowest BCUT2D eigenvalue weighted by atomic mass is 10.1. The van der Waals surface area contributed by atoms with Crippen molar-refractivity contribution in [1.29, 1.82) is 0 Å². The molecule has 0 N–H and O–H groups in total. The van der Waals surface area contributed by atoms with Crippen molar-refractivity contribution in [1.82, 2.24) is 14.8 Å². The number of halogens is 1. The zero-order valence-electron chi connectivity index (χ0n) is 10.9. The summed E-state index contributed by atoms with van der Waals surface area (Å²) in [7, 11) is -0.0829. The first-order valence-electron chi connectivity index (χ1n) is 5.61. The van der Waals surface area contributed by atoms with E-state index in [0.717, 1.165) is 6.07 Å². The molecule has 1 heterocycles. The number of methoxy groups -OCH3 is 1. The third kappa shape index (κ3) is 2.90. The van der Waals surface area contributed by atoms with Gasteiger partial charge in [-0.3, -0.25) is 4.21 Å². The molecule has 1 unspecified atom stereocenters. The van der Waals surface area contributed by atoms with Gasteiger partial charge in [0.2, 0.25) is 5.16 Å². The van der Waals surface area contributed by atoms with E-state index in [1.54, 1.807) is 0 Å². The molecule has 1 atom stereocenters. The van der Waals surface area contributed by atoms with Gasteiger partial charge in [-0.2, -0.15) is 0 Å². The summed E-state index contributed by atoms with van der Waals surface area (Å²) >= 11 is 0. The van der Waals surface area contributed by atoms with Crippen LogP contribution in [0.25, 0.3) is 0 Å². The first-order chi connectivity index (χ1) is 9.52. The molecular formula is C12H12FN3O3S. The third-order valence-electron chi connectivity index (χ3n) is 2.66. The normalized spacial score (nSPS) is 12.2. The number of nitrogens with zero attached hydrogens (tertiary/aromatic N) is 3. The van der Waals surface area contributed by atoms with E-state index in [0.29, 0.717) is 5.56 Å². The molecule has 2 rings (SSSR count). The molecule has 20 heavy (non-hydrogen) atoms. The Hall–Kier alpha value is -2.09. The van der Waals surface area contributed by atoms with Crippen molar-refractivity contribution in [3.63, 3.8) is 0 Å². The van der Waals surface area contributed by atoms with E-state index >= 15 is 0 Å². The lowest BCUT2D eigenvalue weighted by Gasteiger charge is -2.09. The molecule has 1 aromatic heterocycles. The van der Waals surface area contributed by atoms with Gasteiger partial charge in [0.05, 0.1) is 30.0 Å². The van der Waals surface area contributed by atoms with Crippen molar-refractivity contribution in [3.05, 3.63) is 41.5 Å². The fourth-order valence-corrected chi connectivity index (χ4v) is 2.35. The minimum absolute atomic E-state index is 0.119. The van der Waals surface area contributed by atoms with Crippen LogP contribution in [0, 0.1) is 5.82 Å². The standard InChI is InChI=1S/C12H12FN3O3S/c1-19-11(17)10-5-9(13)4-3-8(10)6-16-7-14-15-12(16)20(2)18/h3-5,7H,6H2,1-2H3. The lowest BCUT2D eigenvalue weighted by molar-refractivity contribution is 0.0598. The number of benzene rings is 1. The Labute approximate surface area is 117 Å². The number of carbonyl (C=O) groups is 1. The largest absolute Gasteiger partial charge is 0.465 e. The predicted octanol–water partition coefficient (Wildman–Crippen LogP) is 0.990. The molecule has 1 aromatic carbocycles. The Morgan fingerprint density at radius 3 is 2.90 bits per heavy atom. The van der Waals surface area contributed by atoms with Crippen molar-refractivity contribution in [3.8, 4) is 0 Å². The van der Waals surface area contributed by atoms with Gasteiger partial charge in [0.25, 0.3) is 0 Å². The quantitative estimate of drug-likeness (QED) is 0.787. The van der Waals surface area contributed by atoms with Gasteiger partial charge in [0, 0.05) is 6.26 Å². The average Bonchev–Trinajstić information content (AvgIpc) is 2.88. The fraction of sp³-hybridized carbons (Fsp3) is 0.250. The van der Waals surface area contributed by atoms with Crippen molar-refractivity contribution in [2.45, 2.75) is 11.7 Å². The van der Waals surface area contributed by atoms with Gasteiger partial charge in [-0.25, -0.2) is 9.18 Å². The number of hydrogen-bond acceptors (Lipinski definition) is 5. The summed E-state index contributed by atoms with van der Waals surface area (Å²) in [6, 6.07) is 3.83. The van der Waals surface area contributed by atoms with Crippen LogP contribution in [0.1, 0.15) is 15.9 Å². The zero-order valence-corrected chi connectivity index (χ0v) is 11.7. The highest BCUT2D eigenvalue weighted by atomic mass is 32.2. The van der Waals surface area contributed by atoms with Gasteiger partial charge in [0.15, 0.2) is 0 Å². The molecule has 0 aliphatic carbocycles. The summed E-state index contributed by atoms with van der Waals surface area (Å²) < 4.78 is 30.9. The highest BCUT2D eigenvalue weighted by Gasteiger charge is 2.15. The van der Waals surface area contributed by atoms with Crippen LogP contribution < -0.4 is 0 Å². The van der Waals surface area contributed by atoms with Gasteiger partial charge in [-0.05, 0) is 17.7 Å². The second-order valence-corrected chi connectivity index (χ2v) is 5.26. The van der Waals surface area contributed by atoms with Crippen molar-refractivity contribution >= 4 is 16.8 Å². The zero-order chi connectivity index (χ0) is 14.7. The van der Waals surface area contributed by atoms with E-state index in [2.05, 4.69) is 14.9 Å². The summed E-state index contributed by atoms with van der Waals surface area (Å²) in [5.74, 6) is -1.16. The molecule has 0 amide bonds. The Balaban J connectivity index is 2.40. The summed E-state index contributed by atoms with van der Waals surface area (Å²) in [5.41, 5.74) is 0.652. The molecule has 0 radical (unpaired) electrons. The summed E-state index contributed by atoms with van der Waals surface area (Å²) in [5, 5.41) is 7.71. The number of esters is 1. The first kappa shape index (κ1) is 14.3. The topological polar surface area (TPSA) is 74.1 Å². The fourth-order valence-electron chi connectivity index (χ4n) is 1.75. The molecule has 2 aromatic rings. The van der Waals surface area contributed by atoms with E-state index in [4.69, 9.17) is 0 Å². The number of rotatable bonds is 4. The van der Waals surface area contributed by atoms with E-state index in [9.17, 15) is 13.4 Å². The van der Waals surface area contributed by atoms with Crippen molar-refractivity contribution < 1.29 is 18.1 Å². The van der Waals surface area contributed by atoms with E-state index < -0.39 is 22.6 Å². The average molecular weight is 297 g/mol. The molecule has 6 nitrogen and oxygen atoms in total. The molecule has 106 valence electrons. The first-order valence-corrected chi connectivity index (χ1v) is 7.16. The van der Waals surface area contributed by atoms with Gasteiger partial charge in [-0.1, -0.05) is 6.07 Å². The maximum Gasteiger partial charge on any atom is 0.338 e. The van der Waals surface area contributed by atoms with Crippen LogP contribution in [-0.2, 0) is 22.1 Å². The van der Waals surface area contributed by atoms with E-state index in [-0.39, 0.29) is 17.3 Å². The van der Waals surface area contributed by atoms with Crippen LogP contribution in [0.15, 0.2) is 29.7 Å². The molecule has 0 fully saturated rings. The van der Waals surface area contributed by atoms with Gasteiger partial charge in [0.1, 0.15) is 12.1 Å². The maximum absolute atomic E-state index is 13.2. The molecule has 0 spiro atoms. The minimum Gasteiger partial charge on any atom is -0.465 e. The van der Waals surface area contributed by atoms with Gasteiger partial charge in [-0.15, -0.1) is 10.2 Å². The van der Waals surface area contributed by atoms with Gasteiger partial charge < -0.3 is 9.30 Å². The second-order valence-electron chi connectivity index (χ2n) is 3.99. The highest BCUT2D eigenvalue weighted by molar-refractivity contribution is 7.84. The van der Waals surface area contributed by atoms with Crippen molar-refractivity contribution in [2.24, 2.45) is 0 Å². The Bertz CT molecular complexity index is 672. The summed E-state index contributed by atoms with van der Waals surface area (Å²) in [6.45, 7) is 0.201. The SMILES string of the molecule is COC(=O)c1cc(F)ccc1Cn1cnnc1S(C)=O. The number of aromatic nitrogens is 3. The predicted molar refractivity (Wildman–Crippen MR) is 69.2 cm³/mol.